The summed E-state index contributed by atoms with van der Waals surface area (Å²) in [6.07, 6.45) is 1.42. The predicted octanol–water partition coefficient (Wildman–Crippen LogP) is 1.57. The van der Waals surface area contributed by atoms with Crippen molar-refractivity contribution < 1.29 is 24.6 Å². The Morgan fingerprint density at radius 1 is 1.03 bits per heavy atom. The minimum Gasteiger partial charge on any atom is -0.508 e. The first-order valence-electron chi connectivity index (χ1n) is 10.4. The van der Waals surface area contributed by atoms with Crippen LogP contribution in [0.5, 0.6) is 5.75 Å². The highest BCUT2D eigenvalue weighted by Crippen LogP contribution is 2.24. The molecule has 0 spiro atoms. The lowest BCUT2D eigenvalue weighted by Crippen LogP contribution is -2.37. The summed E-state index contributed by atoms with van der Waals surface area (Å²) >= 11 is 0. The fourth-order valence-electron chi connectivity index (χ4n) is 3.29. The third kappa shape index (κ3) is 5.52. The van der Waals surface area contributed by atoms with Gasteiger partial charge in [-0.05, 0) is 29.8 Å². The molecule has 2 aromatic carbocycles. The summed E-state index contributed by atoms with van der Waals surface area (Å²) in [5.41, 5.74) is 5.59. The van der Waals surface area contributed by atoms with Crippen molar-refractivity contribution in [2.75, 3.05) is 31.2 Å². The molecule has 11 nitrogen and oxygen atoms in total. The molecule has 2 heterocycles. The number of ether oxygens (including phenoxy) is 1. The van der Waals surface area contributed by atoms with E-state index in [1.807, 2.05) is 4.90 Å². The Bertz CT molecular complexity index is 1210. The summed E-state index contributed by atoms with van der Waals surface area (Å²) in [5, 5.41) is 22.5. The number of nitrogens with zero attached hydrogens (tertiary/aromatic N) is 4. The fourth-order valence-corrected chi connectivity index (χ4v) is 3.29. The molecular weight excluding hydrogens is 440 g/mol. The molecule has 4 rings (SSSR count). The minimum absolute atomic E-state index is 0.0657. The van der Waals surface area contributed by atoms with Gasteiger partial charge in [-0.25, -0.2) is 20.9 Å². The van der Waals surface area contributed by atoms with Crippen LogP contribution in [0.1, 0.15) is 26.4 Å². The number of aromatic hydroxyl groups is 1. The zero-order valence-corrected chi connectivity index (χ0v) is 18.0. The van der Waals surface area contributed by atoms with Crippen LogP contribution in [0.4, 0.5) is 5.82 Å². The van der Waals surface area contributed by atoms with E-state index in [0.29, 0.717) is 49.1 Å². The summed E-state index contributed by atoms with van der Waals surface area (Å²) in [7, 11) is 0. The maximum absolute atomic E-state index is 12.8. The normalized spacial score (nSPS) is 13.6. The van der Waals surface area contributed by atoms with Gasteiger partial charge in [0, 0.05) is 30.3 Å². The summed E-state index contributed by atoms with van der Waals surface area (Å²) in [5.74, 6) is -0.226. The van der Waals surface area contributed by atoms with Gasteiger partial charge in [-0.1, -0.05) is 24.3 Å². The van der Waals surface area contributed by atoms with E-state index < -0.39 is 11.8 Å². The van der Waals surface area contributed by atoms with Gasteiger partial charge in [0.25, 0.3) is 11.8 Å². The van der Waals surface area contributed by atoms with Crippen molar-refractivity contribution >= 4 is 23.8 Å². The molecule has 1 aliphatic heterocycles. The van der Waals surface area contributed by atoms with Crippen LogP contribution in [0.15, 0.2) is 59.7 Å². The number of carbonyl (C=O) groups excluding carboxylic acids is 2. The number of hydrazone groups is 1. The highest BCUT2D eigenvalue weighted by atomic mass is 16.5. The van der Waals surface area contributed by atoms with Gasteiger partial charge in [-0.15, -0.1) is 0 Å². The van der Waals surface area contributed by atoms with Gasteiger partial charge in [-0.3, -0.25) is 14.8 Å². The number of hydrogen-bond donors (Lipinski definition) is 4. The number of phenolic OH excluding ortho intramolecular Hbond substituents is 1. The van der Waals surface area contributed by atoms with Crippen molar-refractivity contribution in [3.8, 4) is 17.1 Å². The molecular formula is C23H22N6O5. The van der Waals surface area contributed by atoms with Crippen molar-refractivity contribution in [3.63, 3.8) is 0 Å². The summed E-state index contributed by atoms with van der Waals surface area (Å²) in [4.78, 5) is 35.2. The summed E-state index contributed by atoms with van der Waals surface area (Å²) in [6, 6.07) is 14.3. The fraction of sp³-hybridized carbons (Fsp3) is 0.174. The number of morpholine rings is 1. The topological polar surface area (TPSA) is 149 Å². The third-order valence-corrected chi connectivity index (χ3v) is 5.04. The molecule has 11 heteroatoms. The Hall–Kier alpha value is -4.35. The lowest BCUT2D eigenvalue weighted by Gasteiger charge is -2.28. The number of hydroxylamine groups is 1. The zero-order chi connectivity index (χ0) is 23.9. The summed E-state index contributed by atoms with van der Waals surface area (Å²) < 4.78 is 5.40. The van der Waals surface area contributed by atoms with Gasteiger partial charge in [0.05, 0.1) is 19.4 Å². The van der Waals surface area contributed by atoms with Crippen LogP contribution < -0.4 is 15.8 Å². The molecule has 0 atom stereocenters. The third-order valence-electron chi connectivity index (χ3n) is 5.04. The van der Waals surface area contributed by atoms with Gasteiger partial charge in [0.2, 0.25) is 0 Å². The van der Waals surface area contributed by atoms with Gasteiger partial charge in [0.1, 0.15) is 17.3 Å². The largest absolute Gasteiger partial charge is 0.508 e. The molecule has 2 amide bonds. The Morgan fingerprint density at radius 2 is 1.79 bits per heavy atom. The second-order valence-electron chi connectivity index (χ2n) is 7.35. The predicted molar refractivity (Wildman–Crippen MR) is 123 cm³/mol. The maximum Gasteiger partial charge on any atom is 0.290 e. The van der Waals surface area contributed by atoms with E-state index in [4.69, 9.17) is 9.94 Å². The van der Waals surface area contributed by atoms with Gasteiger partial charge >= 0.3 is 0 Å². The number of hydrogen-bond acceptors (Lipinski definition) is 9. The van der Waals surface area contributed by atoms with E-state index >= 15 is 0 Å². The van der Waals surface area contributed by atoms with E-state index in [1.54, 1.807) is 41.9 Å². The monoisotopic (exact) mass is 462 g/mol. The molecule has 0 unspecified atom stereocenters. The second-order valence-corrected chi connectivity index (χ2v) is 7.35. The number of anilines is 1. The first-order chi connectivity index (χ1) is 16.5. The minimum atomic E-state index is -0.626. The lowest BCUT2D eigenvalue weighted by molar-refractivity contribution is 0.0706. The zero-order valence-electron chi connectivity index (χ0n) is 18.0. The van der Waals surface area contributed by atoms with Crippen LogP contribution >= 0.6 is 0 Å². The van der Waals surface area contributed by atoms with Crippen LogP contribution in [0.2, 0.25) is 0 Å². The highest BCUT2D eigenvalue weighted by molar-refractivity contribution is 5.95. The molecule has 1 aromatic heterocycles. The average molecular weight is 462 g/mol. The van der Waals surface area contributed by atoms with Crippen LogP contribution in [-0.4, -0.2) is 64.6 Å². The molecule has 0 aliphatic carbocycles. The molecule has 1 saturated heterocycles. The van der Waals surface area contributed by atoms with Crippen LogP contribution in [-0.2, 0) is 4.74 Å². The Kier molecular flexibility index (Phi) is 7.06. The molecule has 174 valence electrons. The number of benzene rings is 2. The average Bonchev–Trinajstić information content (AvgIpc) is 2.89. The molecule has 4 N–H and O–H groups in total. The van der Waals surface area contributed by atoms with Crippen LogP contribution in [0, 0.1) is 0 Å². The number of aromatic nitrogens is 2. The Morgan fingerprint density at radius 3 is 2.50 bits per heavy atom. The van der Waals surface area contributed by atoms with Crippen molar-refractivity contribution in [1.29, 1.82) is 0 Å². The summed E-state index contributed by atoms with van der Waals surface area (Å²) in [6.45, 7) is 2.35. The molecule has 3 aromatic rings. The molecule has 0 saturated carbocycles. The molecule has 34 heavy (non-hydrogen) atoms. The number of amides is 2. The van der Waals surface area contributed by atoms with E-state index in [9.17, 15) is 14.7 Å². The van der Waals surface area contributed by atoms with Crippen molar-refractivity contribution in [1.82, 2.24) is 20.9 Å². The Balaban J connectivity index is 1.55. The van der Waals surface area contributed by atoms with Gasteiger partial charge in [-0.2, -0.15) is 5.10 Å². The van der Waals surface area contributed by atoms with Crippen LogP contribution in [0.3, 0.4) is 0 Å². The smallest absolute Gasteiger partial charge is 0.290 e. The maximum atomic E-state index is 12.8. The van der Waals surface area contributed by atoms with E-state index in [2.05, 4.69) is 20.5 Å². The molecule has 0 bridgehead atoms. The number of phenols is 1. The molecule has 1 aliphatic rings. The SMILES string of the molecule is O=C(NO)c1ccc(/C=N/NC(=O)c2cc(N3CCOCC3)nc(-c3cccc(O)c3)n2)cc1. The Labute approximate surface area is 194 Å². The van der Waals surface area contributed by atoms with Gasteiger partial charge < -0.3 is 14.7 Å². The number of carbonyl (C=O) groups is 2. The van der Waals surface area contributed by atoms with E-state index in [-0.39, 0.29) is 17.0 Å². The first kappa shape index (κ1) is 22.8. The number of rotatable bonds is 6. The van der Waals surface area contributed by atoms with Gasteiger partial charge in [0.15, 0.2) is 5.82 Å². The lowest BCUT2D eigenvalue weighted by atomic mass is 10.1. The quantitative estimate of drug-likeness (QED) is 0.245. The van der Waals surface area contributed by atoms with Crippen molar-refractivity contribution in [2.24, 2.45) is 5.10 Å². The van der Waals surface area contributed by atoms with Crippen molar-refractivity contribution in [3.05, 3.63) is 71.4 Å². The molecule has 0 radical (unpaired) electrons. The first-order valence-corrected chi connectivity index (χ1v) is 10.4. The standard InChI is InChI=1S/C23H22N6O5/c30-18-3-1-2-17(12-18)21-25-19(13-20(26-21)29-8-10-34-11-9-29)23(32)27-24-14-15-4-6-16(7-5-15)22(31)28-33/h1-7,12-14,30,33H,8-11H2,(H,27,32)(H,28,31)/b24-14+. The van der Waals surface area contributed by atoms with Crippen molar-refractivity contribution in [2.45, 2.75) is 0 Å². The highest BCUT2D eigenvalue weighted by Gasteiger charge is 2.18. The molecule has 1 fully saturated rings. The van der Waals surface area contributed by atoms with E-state index in [0.717, 1.165) is 0 Å². The number of nitrogens with one attached hydrogen (secondary N) is 2. The second kappa shape index (κ2) is 10.5. The van der Waals surface area contributed by atoms with Crippen LogP contribution in [0.25, 0.3) is 11.4 Å². The van der Waals surface area contributed by atoms with E-state index in [1.165, 1.54) is 24.4 Å².